The van der Waals surface area contributed by atoms with Crippen molar-refractivity contribution in [3.05, 3.63) is 12.2 Å². The van der Waals surface area contributed by atoms with Gasteiger partial charge in [0.15, 0.2) is 6.10 Å². The number of esters is 2. The number of unbranched alkanes of at least 4 members (excludes halogenated alkanes) is 56. The fourth-order valence-corrected chi connectivity index (χ4v) is 12.2. The Bertz CT molecular complexity index is 1350. The Morgan fingerprint density at radius 1 is 0.354 bits per heavy atom. The van der Waals surface area contributed by atoms with Crippen molar-refractivity contribution in [2.24, 2.45) is 5.73 Å². The third-order valence-electron chi connectivity index (χ3n) is 16.9. The molecule has 3 N–H and O–H groups in total. The number of phosphoric acid groups is 1. The highest BCUT2D eigenvalue weighted by molar-refractivity contribution is 7.47. The highest BCUT2D eigenvalue weighted by atomic mass is 31.2. The molecule has 0 rings (SSSR count). The minimum Gasteiger partial charge on any atom is -0.462 e. The van der Waals surface area contributed by atoms with Crippen LogP contribution in [0.3, 0.4) is 0 Å². The topological polar surface area (TPSA) is 134 Å². The average Bonchev–Trinajstić information content (AvgIpc) is 3.48. The fraction of sp³-hybridized carbons (Fsp3) is 0.944. The lowest BCUT2D eigenvalue weighted by Gasteiger charge is -2.19. The molecule has 488 valence electrons. The first-order valence-electron chi connectivity index (χ1n) is 36.7. The molecule has 0 bridgehead atoms. The Labute approximate surface area is 510 Å². The molecule has 0 saturated carbocycles. The largest absolute Gasteiger partial charge is 0.472 e. The molecule has 2 atom stereocenters. The van der Waals surface area contributed by atoms with E-state index in [9.17, 15) is 19.0 Å². The van der Waals surface area contributed by atoms with Crippen LogP contribution >= 0.6 is 7.82 Å². The quantitative estimate of drug-likeness (QED) is 0.0264. The third kappa shape index (κ3) is 67.9. The molecule has 0 aromatic rings. The second kappa shape index (κ2) is 68.9. The first-order valence-corrected chi connectivity index (χ1v) is 38.2. The maximum absolute atomic E-state index is 12.7. The van der Waals surface area contributed by atoms with Gasteiger partial charge in [-0.1, -0.05) is 366 Å². The number of phosphoric ester groups is 1. The summed E-state index contributed by atoms with van der Waals surface area (Å²) >= 11 is 0. The lowest BCUT2D eigenvalue weighted by atomic mass is 10.0. The molecule has 0 amide bonds. The maximum Gasteiger partial charge on any atom is 0.472 e. The second-order valence-corrected chi connectivity index (χ2v) is 26.6. The number of rotatable bonds is 71. The lowest BCUT2D eigenvalue weighted by molar-refractivity contribution is -0.161. The van der Waals surface area contributed by atoms with Crippen LogP contribution in [0.25, 0.3) is 0 Å². The first kappa shape index (κ1) is 80.8. The summed E-state index contributed by atoms with van der Waals surface area (Å²) in [6, 6.07) is 0. The Morgan fingerprint density at radius 3 is 0.866 bits per heavy atom. The van der Waals surface area contributed by atoms with Crippen LogP contribution in [0, 0.1) is 0 Å². The number of ether oxygens (including phenoxy) is 2. The lowest BCUT2D eigenvalue weighted by Crippen LogP contribution is -2.29. The number of hydrogen-bond acceptors (Lipinski definition) is 8. The van der Waals surface area contributed by atoms with Crippen LogP contribution in [-0.2, 0) is 32.7 Å². The van der Waals surface area contributed by atoms with E-state index in [1.165, 1.54) is 340 Å². The molecular formula is C72H142NO8P. The van der Waals surface area contributed by atoms with Crippen LogP contribution in [0.15, 0.2) is 12.2 Å². The second-order valence-electron chi connectivity index (χ2n) is 25.2. The van der Waals surface area contributed by atoms with Gasteiger partial charge in [0.25, 0.3) is 0 Å². The van der Waals surface area contributed by atoms with E-state index in [1.54, 1.807) is 0 Å². The molecule has 82 heavy (non-hydrogen) atoms. The summed E-state index contributed by atoms with van der Waals surface area (Å²) in [5.74, 6) is -0.803. The van der Waals surface area contributed by atoms with Gasteiger partial charge in [0.1, 0.15) is 6.61 Å². The molecule has 2 unspecified atom stereocenters. The van der Waals surface area contributed by atoms with Gasteiger partial charge < -0.3 is 20.1 Å². The zero-order valence-electron chi connectivity index (χ0n) is 55.0. The molecular weight excluding hydrogens is 1040 g/mol. The van der Waals surface area contributed by atoms with Crippen LogP contribution in [0.2, 0.25) is 0 Å². The maximum atomic E-state index is 12.7. The number of carbonyl (C=O) groups excluding carboxylic acids is 2. The molecule has 0 aliphatic heterocycles. The van der Waals surface area contributed by atoms with Gasteiger partial charge in [0.2, 0.25) is 0 Å². The van der Waals surface area contributed by atoms with Gasteiger partial charge >= 0.3 is 19.8 Å². The van der Waals surface area contributed by atoms with Crippen LogP contribution in [0.1, 0.15) is 406 Å². The summed E-state index contributed by atoms with van der Waals surface area (Å²) in [4.78, 5) is 35.3. The number of hydrogen-bond donors (Lipinski definition) is 2. The van der Waals surface area contributed by atoms with E-state index < -0.39 is 26.5 Å². The molecule has 9 nitrogen and oxygen atoms in total. The van der Waals surface area contributed by atoms with E-state index >= 15 is 0 Å². The summed E-state index contributed by atoms with van der Waals surface area (Å²) < 4.78 is 33.2. The van der Waals surface area contributed by atoms with Gasteiger partial charge in [-0.05, 0) is 38.5 Å². The first-order chi connectivity index (χ1) is 40.3. The molecule has 0 saturated heterocycles. The van der Waals surface area contributed by atoms with Crippen molar-refractivity contribution in [3.63, 3.8) is 0 Å². The SMILES string of the molecule is CCCCCCCCCC/C=C\CCCCCCCCCCCCCC(=O)OC(COC(=O)CCCCCCCCCCCCCCCCCCCCCCCCCCCCCCCCCCCCCCCC)COP(=O)(O)OCCN. The Kier molecular flexibility index (Phi) is 67.8. The Hall–Kier alpha value is -1.25. The fourth-order valence-electron chi connectivity index (χ4n) is 11.5. The normalized spacial score (nSPS) is 12.9. The number of nitrogens with two attached hydrogens (primary N) is 1. The van der Waals surface area contributed by atoms with Gasteiger partial charge in [0, 0.05) is 19.4 Å². The van der Waals surface area contributed by atoms with E-state index in [-0.39, 0.29) is 38.6 Å². The summed E-state index contributed by atoms with van der Waals surface area (Å²) in [6.07, 6.45) is 83.4. The summed E-state index contributed by atoms with van der Waals surface area (Å²) in [7, 11) is -4.39. The predicted octanol–water partition coefficient (Wildman–Crippen LogP) is 23.9. The van der Waals surface area contributed by atoms with Gasteiger partial charge in [0.05, 0.1) is 13.2 Å². The Morgan fingerprint density at radius 2 is 0.598 bits per heavy atom. The third-order valence-corrected chi connectivity index (χ3v) is 17.9. The van der Waals surface area contributed by atoms with Crippen molar-refractivity contribution in [2.45, 2.75) is 412 Å². The number of allylic oxidation sites excluding steroid dienone is 2. The molecule has 0 aromatic heterocycles. The van der Waals surface area contributed by atoms with Gasteiger partial charge in [-0.15, -0.1) is 0 Å². The van der Waals surface area contributed by atoms with Crippen LogP contribution < -0.4 is 5.73 Å². The van der Waals surface area contributed by atoms with Crippen molar-refractivity contribution in [2.75, 3.05) is 26.4 Å². The van der Waals surface area contributed by atoms with Crippen LogP contribution in [0.5, 0.6) is 0 Å². The summed E-state index contributed by atoms with van der Waals surface area (Å²) in [5, 5.41) is 0. The molecule has 10 heteroatoms. The van der Waals surface area contributed by atoms with Gasteiger partial charge in [-0.2, -0.15) is 0 Å². The molecule has 0 fully saturated rings. The molecule has 0 heterocycles. The minimum atomic E-state index is -4.39. The van der Waals surface area contributed by atoms with Crippen molar-refractivity contribution in [1.29, 1.82) is 0 Å². The van der Waals surface area contributed by atoms with Crippen molar-refractivity contribution in [1.82, 2.24) is 0 Å². The molecule has 0 radical (unpaired) electrons. The molecule has 0 aliphatic rings. The minimum absolute atomic E-state index is 0.0570. The van der Waals surface area contributed by atoms with E-state index in [0.717, 1.165) is 32.1 Å². The van der Waals surface area contributed by atoms with Crippen molar-refractivity contribution >= 4 is 19.8 Å². The van der Waals surface area contributed by atoms with E-state index in [1.807, 2.05) is 0 Å². The van der Waals surface area contributed by atoms with Gasteiger partial charge in [-0.25, -0.2) is 4.57 Å². The monoisotopic (exact) mass is 1180 g/mol. The predicted molar refractivity (Wildman–Crippen MR) is 354 cm³/mol. The molecule has 0 spiro atoms. The number of carbonyl (C=O) groups is 2. The van der Waals surface area contributed by atoms with Crippen molar-refractivity contribution < 1.29 is 37.6 Å². The highest BCUT2D eigenvalue weighted by Crippen LogP contribution is 2.43. The molecule has 0 aromatic carbocycles. The van der Waals surface area contributed by atoms with Crippen molar-refractivity contribution in [3.8, 4) is 0 Å². The van der Waals surface area contributed by atoms with E-state index in [4.69, 9.17) is 24.3 Å². The van der Waals surface area contributed by atoms with E-state index in [0.29, 0.717) is 6.42 Å². The molecule has 0 aliphatic carbocycles. The van der Waals surface area contributed by atoms with Crippen LogP contribution in [-0.4, -0.2) is 49.3 Å². The zero-order chi connectivity index (χ0) is 59.4. The smallest absolute Gasteiger partial charge is 0.462 e. The van der Waals surface area contributed by atoms with Gasteiger partial charge in [-0.3, -0.25) is 18.6 Å². The van der Waals surface area contributed by atoms with E-state index in [2.05, 4.69) is 26.0 Å². The average molecular weight is 1180 g/mol. The summed E-state index contributed by atoms with van der Waals surface area (Å²) in [6.45, 7) is 3.83. The highest BCUT2D eigenvalue weighted by Gasteiger charge is 2.26. The van der Waals surface area contributed by atoms with Crippen LogP contribution in [0.4, 0.5) is 0 Å². The summed E-state index contributed by atoms with van der Waals surface area (Å²) in [5.41, 5.74) is 5.40. The standard InChI is InChI=1S/C72H142NO8P/c1-3-5-7-9-11-13-15-17-19-21-23-25-27-28-29-30-31-32-33-34-35-36-37-38-39-40-41-43-44-46-48-50-52-54-56-58-60-62-64-71(74)78-68-70(69-80-82(76,77)79-67-66-73)81-72(75)65-63-61-59-57-55-53-51-49-47-45-42-26-24-22-20-18-16-14-12-10-8-6-4-2/h22,24,70H,3-21,23,25-69,73H2,1-2H3,(H,76,77)/b24-22-. The zero-order valence-corrected chi connectivity index (χ0v) is 55.9. The Balaban J connectivity index is 3.74.